The molecule has 1 unspecified atom stereocenters. The number of halogens is 1. The third-order valence-electron chi connectivity index (χ3n) is 2.69. The summed E-state index contributed by atoms with van der Waals surface area (Å²) in [5.41, 5.74) is 0.997. The molecule has 1 atom stereocenters. The van der Waals surface area contributed by atoms with Gasteiger partial charge in [-0.3, -0.25) is 9.59 Å². The molecule has 1 aromatic carbocycles. The van der Waals surface area contributed by atoms with Crippen molar-refractivity contribution in [3.63, 3.8) is 0 Å². The molecular formula is C13H16BrNO3. The minimum atomic E-state index is -0.947. The van der Waals surface area contributed by atoms with E-state index in [1.807, 2.05) is 24.3 Å². The number of carbonyl (C=O) groups excluding carboxylic acids is 1. The monoisotopic (exact) mass is 313 g/mol. The van der Waals surface area contributed by atoms with E-state index in [1.54, 1.807) is 11.9 Å². The number of aliphatic carboxylic acids is 1. The summed E-state index contributed by atoms with van der Waals surface area (Å²) in [6.07, 6.45) is 0.0241. The lowest BCUT2D eigenvalue weighted by Gasteiger charge is -2.19. The highest BCUT2D eigenvalue weighted by Gasteiger charge is 2.18. The standard InChI is InChI=1S/C13H16BrNO3/c1-9(13(17)18)7-12(16)15(2)8-10-5-3-4-6-11(10)14/h3-6,9H,7-8H2,1-2H3,(H,17,18). The second-order valence-corrected chi connectivity index (χ2v) is 5.14. The molecule has 1 N–H and O–H groups in total. The fraction of sp³-hybridized carbons (Fsp3) is 0.385. The average Bonchev–Trinajstić information content (AvgIpc) is 2.31. The fourth-order valence-electron chi connectivity index (χ4n) is 1.48. The van der Waals surface area contributed by atoms with Crippen LogP contribution in [-0.4, -0.2) is 28.9 Å². The van der Waals surface area contributed by atoms with Crippen LogP contribution >= 0.6 is 15.9 Å². The summed E-state index contributed by atoms with van der Waals surface area (Å²) in [4.78, 5) is 24.1. The van der Waals surface area contributed by atoms with Gasteiger partial charge in [0.1, 0.15) is 0 Å². The van der Waals surface area contributed by atoms with Gasteiger partial charge in [0.2, 0.25) is 5.91 Å². The molecule has 0 saturated heterocycles. The summed E-state index contributed by atoms with van der Waals surface area (Å²) >= 11 is 3.42. The Hall–Kier alpha value is -1.36. The Morgan fingerprint density at radius 3 is 2.56 bits per heavy atom. The van der Waals surface area contributed by atoms with Crippen molar-refractivity contribution < 1.29 is 14.7 Å². The molecule has 5 heteroatoms. The minimum Gasteiger partial charge on any atom is -0.481 e. The number of carboxylic acids is 1. The molecule has 1 aromatic rings. The van der Waals surface area contributed by atoms with E-state index in [4.69, 9.17) is 5.11 Å². The van der Waals surface area contributed by atoms with Crippen molar-refractivity contribution in [2.45, 2.75) is 19.9 Å². The average molecular weight is 314 g/mol. The molecule has 1 rings (SSSR count). The molecule has 0 aromatic heterocycles. The van der Waals surface area contributed by atoms with Crippen molar-refractivity contribution in [3.8, 4) is 0 Å². The number of amides is 1. The van der Waals surface area contributed by atoms with Crippen LogP contribution in [0.1, 0.15) is 18.9 Å². The third kappa shape index (κ3) is 4.14. The van der Waals surface area contributed by atoms with E-state index in [1.165, 1.54) is 6.92 Å². The zero-order chi connectivity index (χ0) is 13.7. The molecular weight excluding hydrogens is 298 g/mol. The van der Waals surface area contributed by atoms with Crippen molar-refractivity contribution in [3.05, 3.63) is 34.3 Å². The molecule has 0 aliphatic rings. The highest BCUT2D eigenvalue weighted by Crippen LogP contribution is 2.18. The van der Waals surface area contributed by atoms with Gasteiger partial charge in [0, 0.05) is 24.5 Å². The van der Waals surface area contributed by atoms with Crippen molar-refractivity contribution >= 4 is 27.8 Å². The number of carbonyl (C=O) groups is 2. The van der Waals surface area contributed by atoms with E-state index in [2.05, 4.69) is 15.9 Å². The smallest absolute Gasteiger partial charge is 0.306 e. The summed E-state index contributed by atoms with van der Waals surface area (Å²) < 4.78 is 0.941. The molecule has 4 nitrogen and oxygen atoms in total. The van der Waals surface area contributed by atoms with Crippen LogP contribution in [0.5, 0.6) is 0 Å². The van der Waals surface area contributed by atoms with E-state index < -0.39 is 11.9 Å². The lowest BCUT2D eigenvalue weighted by Crippen LogP contribution is -2.29. The Labute approximate surface area is 115 Å². The van der Waals surface area contributed by atoms with E-state index in [0.717, 1.165) is 10.0 Å². The minimum absolute atomic E-state index is 0.0241. The highest BCUT2D eigenvalue weighted by molar-refractivity contribution is 9.10. The largest absolute Gasteiger partial charge is 0.481 e. The van der Waals surface area contributed by atoms with Crippen LogP contribution in [0.3, 0.4) is 0 Å². The Morgan fingerprint density at radius 2 is 2.00 bits per heavy atom. The molecule has 0 fully saturated rings. The van der Waals surface area contributed by atoms with Crippen LogP contribution < -0.4 is 0 Å². The maximum absolute atomic E-state index is 11.8. The van der Waals surface area contributed by atoms with Gasteiger partial charge in [-0.25, -0.2) is 0 Å². The Kier molecular flexibility index (Phi) is 5.34. The first-order chi connectivity index (χ1) is 8.41. The third-order valence-corrected chi connectivity index (χ3v) is 3.47. The van der Waals surface area contributed by atoms with Gasteiger partial charge in [0.05, 0.1) is 5.92 Å². The highest BCUT2D eigenvalue weighted by atomic mass is 79.9. The van der Waals surface area contributed by atoms with E-state index >= 15 is 0 Å². The SMILES string of the molecule is CC(CC(=O)N(C)Cc1ccccc1Br)C(=O)O. The first-order valence-electron chi connectivity index (χ1n) is 5.62. The predicted octanol–water partition coefficient (Wildman–Crippen LogP) is 2.52. The second-order valence-electron chi connectivity index (χ2n) is 4.28. The number of hydrogen-bond acceptors (Lipinski definition) is 2. The summed E-state index contributed by atoms with van der Waals surface area (Å²) in [7, 11) is 1.68. The maximum Gasteiger partial charge on any atom is 0.306 e. The lowest BCUT2D eigenvalue weighted by atomic mass is 10.1. The normalized spacial score (nSPS) is 11.9. The molecule has 0 spiro atoms. The molecule has 0 aliphatic carbocycles. The van der Waals surface area contributed by atoms with Crippen molar-refractivity contribution in [1.82, 2.24) is 4.90 Å². The molecule has 0 saturated carbocycles. The van der Waals surface area contributed by atoms with E-state index in [0.29, 0.717) is 6.54 Å². The number of benzene rings is 1. The van der Waals surface area contributed by atoms with Gasteiger partial charge in [-0.2, -0.15) is 0 Å². The topological polar surface area (TPSA) is 57.6 Å². The summed E-state index contributed by atoms with van der Waals surface area (Å²) in [6, 6.07) is 7.64. The number of nitrogens with zero attached hydrogens (tertiary/aromatic N) is 1. The van der Waals surface area contributed by atoms with Crippen LogP contribution in [-0.2, 0) is 16.1 Å². The Balaban J connectivity index is 2.60. The molecule has 18 heavy (non-hydrogen) atoms. The van der Waals surface area contributed by atoms with Crippen molar-refractivity contribution in [2.75, 3.05) is 7.05 Å². The van der Waals surface area contributed by atoms with Crippen LogP contribution in [0, 0.1) is 5.92 Å². The van der Waals surface area contributed by atoms with Gasteiger partial charge in [-0.15, -0.1) is 0 Å². The van der Waals surface area contributed by atoms with Gasteiger partial charge in [-0.1, -0.05) is 41.1 Å². The first kappa shape index (κ1) is 14.7. The number of rotatable bonds is 5. The number of hydrogen-bond donors (Lipinski definition) is 1. The van der Waals surface area contributed by atoms with Crippen LogP contribution in [0.25, 0.3) is 0 Å². The molecule has 0 heterocycles. The second kappa shape index (κ2) is 6.54. The fourth-order valence-corrected chi connectivity index (χ4v) is 1.89. The van der Waals surface area contributed by atoms with Crippen molar-refractivity contribution in [2.24, 2.45) is 5.92 Å². The molecule has 0 aliphatic heterocycles. The summed E-state index contributed by atoms with van der Waals surface area (Å²) in [5.74, 6) is -1.77. The molecule has 1 amide bonds. The summed E-state index contributed by atoms with van der Waals surface area (Å²) in [6.45, 7) is 2.00. The quantitative estimate of drug-likeness (QED) is 0.908. The van der Waals surface area contributed by atoms with Gasteiger partial charge < -0.3 is 10.0 Å². The van der Waals surface area contributed by atoms with Gasteiger partial charge in [-0.05, 0) is 11.6 Å². The number of carboxylic acid groups (broad SMARTS) is 1. The first-order valence-corrected chi connectivity index (χ1v) is 6.41. The van der Waals surface area contributed by atoms with E-state index in [-0.39, 0.29) is 12.3 Å². The van der Waals surface area contributed by atoms with Crippen LogP contribution in [0.4, 0.5) is 0 Å². The zero-order valence-electron chi connectivity index (χ0n) is 10.4. The zero-order valence-corrected chi connectivity index (χ0v) is 12.0. The Morgan fingerprint density at radius 1 is 1.39 bits per heavy atom. The maximum atomic E-state index is 11.8. The predicted molar refractivity (Wildman–Crippen MR) is 72.0 cm³/mol. The summed E-state index contributed by atoms with van der Waals surface area (Å²) in [5, 5.41) is 8.77. The molecule has 98 valence electrons. The van der Waals surface area contributed by atoms with Crippen molar-refractivity contribution in [1.29, 1.82) is 0 Å². The van der Waals surface area contributed by atoms with Gasteiger partial charge in [0.15, 0.2) is 0 Å². The van der Waals surface area contributed by atoms with Gasteiger partial charge in [0.25, 0.3) is 0 Å². The van der Waals surface area contributed by atoms with Crippen LogP contribution in [0.2, 0.25) is 0 Å². The Bertz CT molecular complexity index is 448. The van der Waals surface area contributed by atoms with Gasteiger partial charge >= 0.3 is 5.97 Å². The molecule has 0 radical (unpaired) electrons. The molecule has 0 bridgehead atoms. The lowest BCUT2D eigenvalue weighted by molar-refractivity contribution is -0.145. The van der Waals surface area contributed by atoms with Crippen LogP contribution in [0.15, 0.2) is 28.7 Å². The van der Waals surface area contributed by atoms with E-state index in [9.17, 15) is 9.59 Å².